The molecule has 3 heterocycles. The van der Waals surface area contributed by atoms with Crippen LogP contribution in [0.15, 0.2) is 48.7 Å². The summed E-state index contributed by atoms with van der Waals surface area (Å²) in [4.78, 5) is 13.7. The summed E-state index contributed by atoms with van der Waals surface area (Å²) >= 11 is 0. The van der Waals surface area contributed by atoms with Crippen LogP contribution in [0.5, 0.6) is 0 Å². The van der Waals surface area contributed by atoms with E-state index in [1.54, 1.807) is 6.92 Å². The Morgan fingerprint density at radius 2 is 1.96 bits per heavy atom. The highest BCUT2D eigenvalue weighted by atomic mass is 16.2. The van der Waals surface area contributed by atoms with Gasteiger partial charge in [-0.05, 0) is 24.5 Å². The third kappa shape index (κ3) is 2.38. The van der Waals surface area contributed by atoms with Gasteiger partial charge in [-0.2, -0.15) is 0 Å². The highest BCUT2D eigenvalue weighted by molar-refractivity contribution is 5.75. The van der Waals surface area contributed by atoms with Gasteiger partial charge in [0, 0.05) is 25.2 Å². The molecular formula is C18H18N4O. The lowest BCUT2D eigenvalue weighted by atomic mass is 10.1. The molecule has 5 heteroatoms. The maximum atomic E-state index is 11.8. The van der Waals surface area contributed by atoms with E-state index in [1.165, 1.54) is 0 Å². The Labute approximate surface area is 134 Å². The van der Waals surface area contributed by atoms with Crippen molar-refractivity contribution in [2.45, 2.75) is 25.8 Å². The molecule has 1 aromatic carbocycles. The van der Waals surface area contributed by atoms with Crippen molar-refractivity contribution in [2.24, 2.45) is 0 Å². The number of hydrogen-bond donors (Lipinski definition) is 0. The fourth-order valence-corrected chi connectivity index (χ4v) is 3.38. The molecule has 5 nitrogen and oxygen atoms in total. The van der Waals surface area contributed by atoms with Gasteiger partial charge in [0.25, 0.3) is 0 Å². The molecule has 1 amide bonds. The van der Waals surface area contributed by atoms with Crippen LogP contribution >= 0.6 is 0 Å². The van der Waals surface area contributed by atoms with Crippen LogP contribution < -0.4 is 0 Å². The molecule has 1 aliphatic rings. The predicted octanol–water partition coefficient (Wildman–Crippen LogP) is 3.08. The van der Waals surface area contributed by atoms with Gasteiger partial charge in [-0.1, -0.05) is 41.6 Å². The Kier molecular flexibility index (Phi) is 3.33. The summed E-state index contributed by atoms with van der Waals surface area (Å²) in [5.41, 5.74) is 4.13. The van der Waals surface area contributed by atoms with Gasteiger partial charge in [-0.15, -0.1) is 5.10 Å². The lowest BCUT2D eigenvalue weighted by molar-refractivity contribution is -0.129. The molecule has 0 saturated carbocycles. The smallest absolute Gasteiger partial charge is 0.220 e. The third-order valence-corrected chi connectivity index (χ3v) is 4.52. The maximum Gasteiger partial charge on any atom is 0.220 e. The van der Waals surface area contributed by atoms with Crippen molar-refractivity contribution in [1.29, 1.82) is 0 Å². The molecule has 2 aromatic heterocycles. The van der Waals surface area contributed by atoms with Crippen LogP contribution in [-0.2, 0) is 4.79 Å². The average Bonchev–Trinajstić information content (AvgIpc) is 3.21. The zero-order chi connectivity index (χ0) is 15.8. The van der Waals surface area contributed by atoms with Gasteiger partial charge < -0.3 is 4.90 Å². The van der Waals surface area contributed by atoms with Crippen molar-refractivity contribution in [3.63, 3.8) is 0 Å². The Hall–Kier alpha value is -2.69. The van der Waals surface area contributed by atoms with Crippen LogP contribution in [0.25, 0.3) is 16.6 Å². The lowest BCUT2D eigenvalue weighted by Gasteiger charge is -2.21. The standard InChI is InChI=1S/C18H18N4O/c1-13(23)21-11-5-8-16(21)18-17-10-9-15(12-22(17)20-19-18)14-6-3-2-4-7-14/h2-4,6-7,9-10,12,16H,5,8,11H2,1H3. The molecule has 1 saturated heterocycles. The second kappa shape index (κ2) is 5.50. The second-order valence-corrected chi connectivity index (χ2v) is 5.96. The third-order valence-electron chi connectivity index (χ3n) is 4.52. The molecule has 23 heavy (non-hydrogen) atoms. The summed E-state index contributed by atoms with van der Waals surface area (Å²) in [5.74, 6) is 0.106. The molecule has 1 unspecified atom stereocenters. The van der Waals surface area contributed by atoms with Gasteiger partial charge in [-0.25, -0.2) is 4.52 Å². The van der Waals surface area contributed by atoms with E-state index in [4.69, 9.17) is 0 Å². The topological polar surface area (TPSA) is 50.5 Å². The Morgan fingerprint density at radius 1 is 1.13 bits per heavy atom. The minimum Gasteiger partial charge on any atom is -0.334 e. The molecule has 0 radical (unpaired) electrons. The van der Waals surface area contributed by atoms with Crippen LogP contribution in [0.3, 0.4) is 0 Å². The van der Waals surface area contributed by atoms with Crippen molar-refractivity contribution in [3.8, 4) is 11.1 Å². The minimum atomic E-state index is 0.0487. The summed E-state index contributed by atoms with van der Waals surface area (Å²) in [6.45, 7) is 2.43. The first-order valence-electron chi connectivity index (χ1n) is 7.91. The Bertz CT molecular complexity index is 856. The predicted molar refractivity (Wildman–Crippen MR) is 87.8 cm³/mol. The van der Waals surface area contributed by atoms with E-state index in [9.17, 15) is 4.79 Å². The van der Waals surface area contributed by atoms with Crippen LogP contribution in [0.1, 0.15) is 31.5 Å². The number of likely N-dealkylation sites (tertiary alicyclic amines) is 1. The summed E-state index contributed by atoms with van der Waals surface area (Å²) in [7, 11) is 0. The number of carbonyl (C=O) groups is 1. The number of fused-ring (bicyclic) bond motifs is 1. The van der Waals surface area contributed by atoms with Crippen molar-refractivity contribution < 1.29 is 4.79 Å². The van der Waals surface area contributed by atoms with E-state index in [0.717, 1.165) is 41.7 Å². The van der Waals surface area contributed by atoms with Crippen LogP contribution in [0.2, 0.25) is 0 Å². The molecule has 0 aliphatic carbocycles. The average molecular weight is 306 g/mol. The number of carbonyl (C=O) groups excluding carboxylic acids is 1. The number of hydrogen-bond acceptors (Lipinski definition) is 3. The highest BCUT2D eigenvalue weighted by Crippen LogP contribution is 2.33. The molecule has 3 aromatic rings. The normalized spacial score (nSPS) is 17.8. The van der Waals surface area contributed by atoms with Crippen LogP contribution in [-0.4, -0.2) is 32.2 Å². The van der Waals surface area contributed by atoms with Gasteiger partial charge >= 0.3 is 0 Å². The molecule has 0 spiro atoms. The molecule has 0 N–H and O–H groups in total. The molecule has 4 rings (SSSR count). The Morgan fingerprint density at radius 3 is 2.74 bits per heavy atom. The zero-order valence-electron chi connectivity index (χ0n) is 13.0. The molecule has 1 atom stereocenters. The summed E-state index contributed by atoms with van der Waals surface area (Å²) in [6.07, 6.45) is 3.97. The monoisotopic (exact) mass is 306 g/mol. The summed E-state index contributed by atoms with van der Waals surface area (Å²) in [6, 6.07) is 14.4. The van der Waals surface area contributed by atoms with Gasteiger partial charge in [0.15, 0.2) is 0 Å². The number of amides is 1. The van der Waals surface area contributed by atoms with Crippen molar-refractivity contribution in [1.82, 2.24) is 19.7 Å². The minimum absolute atomic E-state index is 0.0487. The van der Waals surface area contributed by atoms with E-state index in [-0.39, 0.29) is 11.9 Å². The molecule has 0 bridgehead atoms. The van der Waals surface area contributed by atoms with Gasteiger partial charge in [-0.3, -0.25) is 4.79 Å². The van der Waals surface area contributed by atoms with E-state index in [1.807, 2.05) is 39.9 Å². The number of aromatic nitrogens is 3. The van der Waals surface area contributed by atoms with E-state index >= 15 is 0 Å². The first-order valence-corrected chi connectivity index (χ1v) is 7.91. The largest absolute Gasteiger partial charge is 0.334 e. The quantitative estimate of drug-likeness (QED) is 0.731. The van der Waals surface area contributed by atoms with Gasteiger partial charge in [0.05, 0.1) is 11.6 Å². The lowest BCUT2D eigenvalue weighted by Crippen LogP contribution is -2.28. The van der Waals surface area contributed by atoms with E-state index in [2.05, 4.69) is 28.5 Å². The van der Waals surface area contributed by atoms with Crippen LogP contribution in [0.4, 0.5) is 0 Å². The van der Waals surface area contributed by atoms with E-state index in [0.29, 0.717) is 0 Å². The van der Waals surface area contributed by atoms with Gasteiger partial charge in [0.1, 0.15) is 5.69 Å². The Balaban J connectivity index is 1.75. The SMILES string of the molecule is CC(=O)N1CCCC1c1nnn2cc(-c3ccccc3)ccc12. The number of rotatable bonds is 2. The number of nitrogens with zero attached hydrogens (tertiary/aromatic N) is 4. The number of benzene rings is 1. The maximum absolute atomic E-state index is 11.8. The van der Waals surface area contributed by atoms with Gasteiger partial charge in [0.2, 0.25) is 5.91 Å². The second-order valence-electron chi connectivity index (χ2n) is 5.96. The number of pyridine rings is 1. The highest BCUT2D eigenvalue weighted by Gasteiger charge is 2.31. The molecule has 1 fully saturated rings. The van der Waals surface area contributed by atoms with Crippen molar-refractivity contribution in [2.75, 3.05) is 6.54 Å². The fourth-order valence-electron chi connectivity index (χ4n) is 3.38. The van der Waals surface area contributed by atoms with E-state index < -0.39 is 0 Å². The zero-order valence-corrected chi connectivity index (χ0v) is 13.0. The first-order chi connectivity index (χ1) is 11.2. The molecular weight excluding hydrogens is 288 g/mol. The summed E-state index contributed by atoms with van der Waals surface area (Å²) < 4.78 is 1.81. The first kappa shape index (κ1) is 13.9. The van der Waals surface area contributed by atoms with Crippen molar-refractivity contribution >= 4 is 11.4 Å². The molecule has 1 aliphatic heterocycles. The van der Waals surface area contributed by atoms with Crippen molar-refractivity contribution in [3.05, 3.63) is 54.4 Å². The fraction of sp³-hybridized carbons (Fsp3) is 0.278. The molecule has 116 valence electrons. The summed E-state index contributed by atoms with van der Waals surface area (Å²) in [5, 5.41) is 8.64. The van der Waals surface area contributed by atoms with Crippen LogP contribution in [0, 0.1) is 0 Å².